The molecule has 0 bridgehead atoms. The third-order valence-electron chi connectivity index (χ3n) is 2.33. The first-order valence-electron chi connectivity index (χ1n) is 4.27. The number of piperazine rings is 1. The van der Waals surface area contributed by atoms with Crippen molar-refractivity contribution in [2.75, 3.05) is 26.7 Å². The Balaban J connectivity index is 2.48. The smallest absolute Gasteiger partial charge is 0.251 e. The number of carbonyl (C=O) groups is 1. The average Bonchev–Trinajstić information content (AvgIpc) is 1.98. The Bertz CT molecular complexity index is 199. The van der Waals surface area contributed by atoms with Crippen LogP contribution in [0, 0.1) is 0 Å². The molecule has 0 radical (unpaired) electrons. The van der Waals surface area contributed by atoms with Crippen LogP contribution in [-0.2, 0) is 4.79 Å². The Morgan fingerprint density at radius 1 is 1.62 bits per heavy atom. The zero-order valence-electron chi connectivity index (χ0n) is 7.83. The first-order valence-corrected chi connectivity index (χ1v) is 4.27. The van der Waals surface area contributed by atoms with Crippen LogP contribution < -0.4 is 0 Å². The lowest BCUT2D eigenvalue weighted by molar-refractivity contribution is -0.138. The Hall–Kier alpha value is -0.710. The molecule has 0 N–H and O–H groups in total. The lowest BCUT2D eigenvalue weighted by atomic mass is 10.2. The molecule has 1 aliphatic heterocycles. The molecular weight excluding hydrogens is 178 g/mol. The van der Waals surface area contributed by atoms with Crippen molar-refractivity contribution in [3.8, 4) is 0 Å². The molecule has 1 aliphatic rings. The summed E-state index contributed by atoms with van der Waals surface area (Å²) in [7, 11) is 1.70. The van der Waals surface area contributed by atoms with Gasteiger partial charge >= 0.3 is 0 Å². The lowest BCUT2D eigenvalue weighted by Crippen LogP contribution is -2.54. The van der Waals surface area contributed by atoms with E-state index in [2.05, 4.69) is 0 Å². The number of likely N-dealkylation sites (N-methyl/N-ethyl adjacent to an activating group) is 1. The van der Waals surface area contributed by atoms with Crippen LogP contribution in [0.3, 0.4) is 0 Å². The van der Waals surface area contributed by atoms with Crippen LogP contribution in [0.1, 0.15) is 6.92 Å². The van der Waals surface area contributed by atoms with Crippen molar-refractivity contribution in [3.05, 3.63) is 0 Å². The maximum atomic E-state index is 12.0. The number of carbonyl (C=O) groups excluding carboxylic acids is 1. The highest BCUT2D eigenvalue weighted by Crippen LogP contribution is 2.09. The van der Waals surface area contributed by atoms with Gasteiger partial charge in [-0.15, -0.1) is 0 Å². The third-order valence-corrected chi connectivity index (χ3v) is 2.33. The van der Waals surface area contributed by atoms with Crippen molar-refractivity contribution in [2.45, 2.75) is 19.4 Å². The average molecular weight is 192 g/mol. The van der Waals surface area contributed by atoms with E-state index in [4.69, 9.17) is 0 Å². The molecule has 3 nitrogen and oxygen atoms in total. The number of hydrogen-bond donors (Lipinski definition) is 0. The van der Waals surface area contributed by atoms with Crippen LogP contribution in [0.25, 0.3) is 0 Å². The van der Waals surface area contributed by atoms with E-state index in [-0.39, 0.29) is 25.0 Å². The van der Waals surface area contributed by atoms with Gasteiger partial charge in [-0.3, -0.25) is 9.69 Å². The SMILES string of the molecule is CC1CN(CC(F)F)CC(=O)N1C. The van der Waals surface area contributed by atoms with Crippen LogP contribution in [0.2, 0.25) is 0 Å². The molecule has 1 heterocycles. The molecule has 1 rings (SSSR count). The number of halogens is 2. The van der Waals surface area contributed by atoms with Gasteiger partial charge in [0, 0.05) is 19.6 Å². The van der Waals surface area contributed by atoms with Gasteiger partial charge in [-0.25, -0.2) is 8.78 Å². The van der Waals surface area contributed by atoms with Crippen LogP contribution in [-0.4, -0.2) is 54.9 Å². The number of hydrogen-bond acceptors (Lipinski definition) is 2. The summed E-state index contributed by atoms with van der Waals surface area (Å²) >= 11 is 0. The summed E-state index contributed by atoms with van der Waals surface area (Å²) in [4.78, 5) is 14.3. The highest BCUT2D eigenvalue weighted by atomic mass is 19.3. The largest absolute Gasteiger partial charge is 0.341 e. The summed E-state index contributed by atoms with van der Waals surface area (Å²) in [6.45, 7) is 2.21. The predicted octanol–water partition coefficient (Wildman–Crippen LogP) is 0.414. The lowest BCUT2D eigenvalue weighted by Gasteiger charge is -2.36. The van der Waals surface area contributed by atoms with Gasteiger partial charge in [0.25, 0.3) is 6.43 Å². The first-order chi connectivity index (χ1) is 6.00. The van der Waals surface area contributed by atoms with Gasteiger partial charge in [0.15, 0.2) is 0 Å². The van der Waals surface area contributed by atoms with Crippen molar-refractivity contribution in [1.82, 2.24) is 9.80 Å². The van der Waals surface area contributed by atoms with Gasteiger partial charge < -0.3 is 4.90 Å². The van der Waals surface area contributed by atoms with E-state index in [1.165, 1.54) is 4.90 Å². The minimum atomic E-state index is -2.36. The number of nitrogens with zero attached hydrogens (tertiary/aromatic N) is 2. The highest BCUT2D eigenvalue weighted by Gasteiger charge is 2.27. The second kappa shape index (κ2) is 4.00. The molecule has 76 valence electrons. The van der Waals surface area contributed by atoms with Gasteiger partial charge in [-0.2, -0.15) is 0 Å². The number of amides is 1. The van der Waals surface area contributed by atoms with Crippen LogP contribution in [0.5, 0.6) is 0 Å². The van der Waals surface area contributed by atoms with E-state index in [1.54, 1.807) is 11.9 Å². The quantitative estimate of drug-likeness (QED) is 0.633. The van der Waals surface area contributed by atoms with Crippen molar-refractivity contribution in [1.29, 1.82) is 0 Å². The maximum absolute atomic E-state index is 12.0. The summed E-state index contributed by atoms with van der Waals surface area (Å²) in [6, 6.07) is 0.0278. The molecule has 0 aromatic heterocycles. The minimum absolute atomic E-state index is 0.0278. The molecule has 13 heavy (non-hydrogen) atoms. The summed E-state index contributed by atoms with van der Waals surface area (Å²) in [6.07, 6.45) is -2.36. The molecular formula is C8H14F2N2O. The summed E-state index contributed by atoms with van der Waals surface area (Å²) in [5, 5.41) is 0. The normalized spacial score (nSPS) is 25.8. The van der Waals surface area contributed by atoms with Crippen molar-refractivity contribution >= 4 is 5.91 Å². The minimum Gasteiger partial charge on any atom is -0.341 e. The Labute approximate surface area is 76.3 Å². The number of rotatable bonds is 2. The summed E-state index contributed by atoms with van der Waals surface area (Å²) in [5.74, 6) is -0.0839. The molecule has 0 aromatic rings. The van der Waals surface area contributed by atoms with Gasteiger partial charge in [-0.1, -0.05) is 0 Å². The van der Waals surface area contributed by atoms with Crippen LogP contribution >= 0.6 is 0 Å². The van der Waals surface area contributed by atoms with E-state index in [1.807, 2.05) is 6.92 Å². The standard InChI is InChI=1S/C8H14F2N2O/c1-6-3-12(4-7(9)10)5-8(13)11(6)2/h6-7H,3-5H2,1-2H3. The maximum Gasteiger partial charge on any atom is 0.251 e. The molecule has 1 fully saturated rings. The summed E-state index contributed by atoms with van der Waals surface area (Å²) in [5.41, 5.74) is 0. The molecule has 1 atom stereocenters. The topological polar surface area (TPSA) is 23.6 Å². The first kappa shape index (κ1) is 10.4. The third kappa shape index (κ3) is 2.62. The van der Waals surface area contributed by atoms with Gasteiger partial charge in [0.1, 0.15) is 0 Å². The molecule has 0 spiro atoms. The zero-order chi connectivity index (χ0) is 10.0. The fourth-order valence-electron chi connectivity index (χ4n) is 1.44. The second-order valence-electron chi connectivity index (χ2n) is 3.44. The van der Waals surface area contributed by atoms with Gasteiger partial charge in [0.05, 0.1) is 13.1 Å². The Morgan fingerprint density at radius 2 is 2.23 bits per heavy atom. The second-order valence-corrected chi connectivity index (χ2v) is 3.44. The van der Waals surface area contributed by atoms with Crippen LogP contribution in [0.4, 0.5) is 8.78 Å². The number of alkyl halides is 2. The zero-order valence-corrected chi connectivity index (χ0v) is 7.83. The van der Waals surface area contributed by atoms with E-state index >= 15 is 0 Å². The fourth-order valence-corrected chi connectivity index (χ4v) is 1.44. The molecule has 5 heteroatoms. The monoisotopic (exact) mass is 192 g/mol. The van der Waals surface area contributed by atoms with E-state index in [0.717, 1.165) is 0 Å². The molecule has 0 aliphatic carbocycles. The van der Waals surface area contributed by atoms with E-state index in [9.17, 15) is 13.6 Å². The molecule has 1 saturated heterocycles. The molecule has 1 unspecified atom stereocenters. The fraction of sp³-hybridized carbons (Fsp3) is 0.875. The van der Waals surface area contributed by atoms with Gasteiger partial charge in [-0.05, 0) is 6.92 Å². The Morgan fingerprint density at radius 3 is 2.69 bits per heavy atom. The van der Waals surface area contributed by atoms with Crippen molar-refractivity contribution < 1.29 is 13.6 Å². The summed E-state index contributed by atoms with van der Waals surface area (Å²) < 4.78 is 24.0. The molecule has 0 saturated carbocycles. The molecule has 1 amide bonds. The van der Waals surface area contributed by atoms with Gasteiger partial charge in [0.2, 0.25) is 5.91 Å². The molecule has 0 aromatic carbocycles. The highest BCUT2D eigenvalue weighted by molar-refractivity contribution is 5.79. The van der Waals surface area contributed by atoms with E-state index in [0.29, 0.717) is 6.54 Å². The predicted molar refractivity (Wildman–Crippen MR) is 44.7 cm³/mol. The van der Waals surface area contributed by atoms with Crippen LogP contribution in [0.15, 0.2) is 0 Å². The Kier molecular flexibility index (Phi) is 3.19. The van der Waals surface area contributed by atoms with E-state index < -0.39 is 6.43 Å². The van der Waals surface area contributed by atoms with Crippen molar-refractivity contribution in [2.24, 2.45) is 0 Å². The van der Waals surface area contributed by atoms with Crippen molar-refractivity contribution in [3.63, 3.8) is 0 Å².